The summed E-state index contributed by atoms with van der Waals surface area (Å²) in [5.41, 5.74) is -1.14. The van der Waals surface area contributed by atoms with Crippen LogP contribution in [0.4, 0.5) is 22.0 Å². The fourth-order valence-electron chi connectivity index (χ4n) is 1.59. The second-order valence-corrected chi connectivity index (χ2v) is 4.11. The Balaban J connectivity index is 2.53. The van der Waals surface area contributed by atoms with Gasteiger partial charge >= 0.3 is 6.18 Å². The maximum Gasteiger partial charge on any atom is 0.435 e. The molecule has 0 radical (unpaired) electrons. The lowest BCUT2D eigenvalue weighted by Gasteiger charge is -2.07. The Bertz CT molecular complexity index is 623. The monoisotopic (exact) mass is 311 g/mol. The van der Waals surface area contributed by atoms with E-state index in [0.717, 1.165) is 28.9 Å². The number of nitrogens with zero attached hydrogens (tertiary/aromatic N) is 2. The number of hydrogen-bond donors (Lipinski definition) is 1. The van der Waals surface area contributed by atoms with E-state index < -0.39 is 23.5 Å². The van der Waals surface area contributed by atoms with Gasteiger partial charge in [0.1, 0.15) is 0 Å². The molecular weight excluding hydrogens is 305 g/mol. The number of halogens is 6. The molecule has 0 bridgehead atoms. The van der Waals surface area contributed by atoms with Crippen LogP contribution in [0.5, 0.6) is 0 Å². The molecule has 1 aromatic heterocycles. The normalized spacial score (nSPS) is 11.9. The van der Waals surface area contributed by atoms with Crippen molar-refractivity contribution in [2.45, 2.75) is 12.7 Å². The Morgan fingerprint density at radius 1 is 1.15 bits per heavy atom. The summed E-state index contributed by atoms with van der Waals surface area (Å²) in [5, 5.41) is 3.35. The zero-order valence-electron chi connectivity index (χ0n) is 9.68. The fourth-order valence-corrected chi connectivity index (χ4v) is 1.73. The van der Waals surface area contributed by atoms with E-state index in [9.17, 15) is 22.0 Å². The van der Waals surface area contributed by atoms with Gasteiger partial charge in [0.25, 0.3) is 0 Å². The maximum absolute atomic E-state index is 13.1. The average molecular weight is 312 g/mol. The van der Waals surface area contributed by atoms with Crippen molar-refractivity contribution in [2.24, 2.45) is 0 Å². The third kappa shape index (κ3) is 2.91. The molecule has 0 aliphatic heterocycles. The van der Waals surface area contributed by atoms with E-state index in [1.807, 2.05) is 0 Å². The molecule has 2 rings (SSSR count). The van der Waals surface area contributed by atoms with E-state index in [-0.39, 0.29) is 17.9 Å². The predicted octanol–water partition coefficient (Wildman–Crippen LogP) is 3.41. The van der Waals surface area contributed by atoms with E-state index >= 15 is 0 Å². The third-order valence-electron chi connectivity index (χ3n) is 2.47. The quantitative estimate of drug-likeness (QED) is 0.695. The molecule has 0 saturated heterocycles. The zero-order chi connectivity index (χ0) is 14.9. The van der Waals surface area contributed by atoms with Gasteiger partial charge in [0.05, 0.1) is 17.9 Å². The molecule has 0 aliphatic carbocycles. The summed E-state index contributed by atoms with van der Waals surface area (Å²) >= 11 is 5.27. The summed E-state index contributed by atoms with van der Waals surface area (Å²) in [6.07, 6.45) is -4.65. The first-order chi connectivity index (χ1) is 9.32. The van der Waals surface area contributed by atoms with Gasteiger partial charge in [-0.2, -0.15) is 18.3 Å². The van der Waals surface area contributed by atoms with Crippen molar-refractivity contribution in [2.75, 3.05) is 0 Å². The van der Waals surface area contributed by atoms with Gasteiger partial charge in [0, 0.05) is 6.07 Å². The van der Waals surface area contributed by atoms with Gasteiger partial charge in [0.15, 0.2) is 17.3 Å². The first kappa shape index (κ1) is 14.7. The Morgan fingerprint density at radius 2 is 1.85 bits per heavy atom. The van der Waals surface area contributed by atoms with Crippen LogP contribution < -0.4 is 4.84 Å². The predicted molar refractivity (Wildman–Crippen MR) is 61.2 cm³/mol. The topological polar surface area (TPSA) is 29.9 Å². The molecule has 0 amide bonds. The molecule has 0 aliphatic rings. The second-order valence-electron chi connectivity index (χ2n) is 3.84. The lowest BCUT2D eigenvalue weighted by Crippen LogP contribution is -2.09. The van der Waals surface area contributed by atoms with Crippen molar-refractivity contribution >= 4 is 11.8 Å². The van der Waals surface area contributed by atoms with Crippen molar-refractivity contribution in [1.82, 2.24) is 14.6 Å². The minimum atomic E-state index is -4.65. The van der Waals surface area contributed by atoms with Gasteiger partial charge in [-0.05, 0) is 30.0 Å². The number of hydrogen-bond acceptors (Lipinski definition) is 2. The number of alkyl halides is 3. The van der Waals surface area contributed by atoms with Crippen LogP contribution in [0.1, 0.15) is 11.4 Å². The third-order valence-corrected chi connectivity index (χ3v) is 2.60. The van der Waals surface area contributed by atoms with Crippen molar-refractivity contribution in [3.63, 3.8) is 0 Å². The molecule has 0 unspecified atom stereocenters. The van der Waals surface area contributed by atoms with Gasteiger partial charge in [0.2, 0.25) is 0 Å². The summed E-state index contributed by atoms with van der Waals surface area (Å²) in [7, 11) is 0. The minimum Gasteiger partial charge on any atom is -0.236 e. The van der Waals surface area contributed by atoms with Crippen molar-refractivity contribution in [3.8, 4) is 5.69 Å². The molecule has 1 N–H and O–H groups in total. The fraction of sp³-hybridized carbons (Fsp3) is 0.182. The van der Waals surface area contributed by atoms with Crippen molar-refractivity contribution in [3.05, 3.63) is 47.3 Å². The highest BCUT2D eigenvalue weighted by Crippen LogP contribution is 2.29. The van der Waals surface area contributed by atoms with Crippen LogP contribution in [0.15, 0.2) is 24.3 Å². The first-order valence-corrected chi connectivity index (χ1v) is 5.66. The largest absolute Gasteiger partial charge is 0.435 e. The molecule has 0 fully saturated rings. The molecule has 108 valence electrons. The van der Waals surface area contributed by atoms with E-state index in [1.54, 1.807) is 0 Å². The van der Waals surface area contributed by atoms with E-state index in [1.165, 1.54) is 0 Å². The van der Waals surface area contributed by atoms with Gasteiger partial charge < -0.3 is 0 Å². The summed E-state index contributed by atoms with van der Waals surface area (Å²) in [6, 6.07) is 3.44. The molecule has 1 aromatic carbocycles. The highest BCUT2D eigenvalue weighted by atomic mass is 35.5. The van der Waals surface area contributed by atoms with Gasteiger partial charge in [-0.15, -0.1) is 0 Å². The number of nitrogens with one attached hydrogen (secondary N) is 1. The van der Waals surface area contributed by atoms with Gasteiger partial charge in [-0.1, -0.05) is 0 Å². The highest BCUT2D eigenvalue weighted by Gasteiger charge is 2.35. The minimum absolute atomic E-state index is 0.0404. The first-order valence-electron chi connectivity index (χ1n) is 5.28. The van der Waals surface area contributed by atoms with Crippen LogP contribution in [0.2, 0.25) is 0 Å². The Labute approximate surface area is 115 Å². The summed E-state index contributed by atoms with van der Waals surface area (Å²) < 4.78 is 64.7. The lowest BCUT2D eigenvalue weighted by atomic mass is 10.3. The Hall–Kier alpha value is -1.67. The van der Waals surface area contributed by atoms with Gasteiger partial charge in [-0.3, -0.25) is 0 Å². The molecular formula is C11H7ClF5N3. The van der Waals surface area contributed by atoms with E-state index in [4.69, 9.17) is 11.8 Å². The molecule has 9 heteroatoms. The van der Waals surface area contributed by atoms with Crippen LogP contribution in [0, 0.1) is 11.6 Å². The number of rotatable bonds is 3. The molecule has 0 atom stereocenters. The number of aromatic nitrogens is 2. The molecule has 3 nitrogen and oxygen atoms in total. The lowest BCUT2D eigenvalue weighted by molar-refractivity contribution is -0.141. The standard InChI is InChI=1S/C11H7ClF5N3/c12-18-5-7-4-10(11(15,16)17)19-20(7)6-1-2-8(13)9(14)3-6/h1-4,18H,5H2. The van der Waals surface area contributed by atoms with Crippen LogP contribution >= 0.6 is 11.8 Å². The molecule has 2 aromatic rings. The zero-order valence-corrected chi connectivity index (χ0v) is 10.4. The second kappa shape index (κ2) is 5.37. The Morgan fingerprint density at radius 3 is 2.40 bits per heavy atom. The van der Waals surface area contributed by atoms with E-state index in [0.29, 0.717) is 0 Å². The smallest absolute Gasteiger partial charge is 0.236 e. The van der Waals surface area contributed by atoms with Crippen LogP contribution in [-0.2, 0) is 12.7 Å². The van der Waals surface area contributed by atoms with Crippen LogP contribution in [0.25, 0.3) is 5.69 Å². The SMILES string of the molecule is Fc1ccc(-n2nc(C(F)(F)F)cc2CNCl)cc1F. The van der Waals surface area contributed by atoms with Gasteiger partial charge in [-0.25, -0.2) is 18.3 Å². The summed E-state index contributed by atoms with van der Waals surface area (Å²) in [6.45, 7) is -0.135. The Kier molecular flexibility index (Phi) is 3.96. The molecule has 20 heavy (non-hydrogen) atoms. The van der Waals surface area contributed by atoms with Crippen LogP contribution in [-0.4, -0.2) is 9.78 Å². The summed E-state index contributed by atoms with van der Waals surface area (Å²) in [4.78, 5) is 2.16. The molecule has 1 heterocycles. The highest BCUT2D eigenvalue weighted by molar-refractivity contribution is 6.13. The molecule has 0 spiro atoms. The average Bonchev–Trinajstić information content (AvgIpc) is 2.77. The molecule has 0 saturated carbocycles. The van der Waals surface area contributed by atoms with E-state index in [2.05, 4.69) is 9.93 Å². The van der Waals surface area contributed by atoms with Crippen molar-refractivity contribution in [1.29, 1.82) is 0 Å². The maximum atomic E-state index is 13.1. The van der Waals surface area contributed by atoms with Crippen molar-refractivity contribution < 1.29 is 22.0 Å². The number of benzene rings is 1. The van der Waals surface area contributed by atoms with Crippen LogP contribution in [0.3, 0.4) is 0 Å². The summed E-state index contributed by atoms with van der Waals surface area (Å²) in [5.74, 6) is -2.29.